The third kappa shape index (κ3) is 5.71. The van der Waals surface area contributed by atoms with Crippen LogP contribution in [-0.2, 0) is 14.4 Å². The second-order valence-corrected chi connectivity index (χ2v) is 4.96. The largest absolute Gasteiger partial charge is 0.484 e. The van der Waals surface area contributed by atoms with Crippen LogP contribution in [0.1, 0.15) is 5.56 Å². The first kappa shape index (κ1) is 18.6. The maximum Gasteiger partial charge on any atom is 0.329 e. The minimum absolute atomic E-state index is 0.115. The molecule has 4 N–H and O–H groups in total. The molecule has 8 nitrogen and oxygen atoms in total. The third-order valence-corrected chi connectivity index (χ3v) is 2.95. The van der Waals surface area contributed by atoms with E-state index in [-0.39, 0.29) is 12.3 Å². The van der Waals surface area contributed by atoms with Gasteiger partial charge in [0, 0.05) is 0 Å². The zero-order chi connectivity index (χ0) is 18.9. The highest BCUT2D eigenvalue weighted by molar-refractivity contribution is 6.39. The fourth-order valence-corrected chi connectivity index (χ4v) is 1.80. The normalized spacial score (nSPS) is 10.3. The van der Waals surface area contributed by atoms with Crippen LogP contribution in [0.4, 0.5) is 10.1 Å². The van der Waals surface area contributed by atoms with Crippen molar-refractivity contribution in [3.05, 3.63) is 59.9 Å². The van der Waals surface area contributed by atoms with Gasteiger partial charge in [-0.15, -0.1) is 0 Å². The minimum atomic E-state index is -1.06. The Morgan fingerprint density at radius 3 is 2.62 bits per heavy atom. The Kier molecular flexibility index (Phi) is 6.38. The first-order chi connectivity index (χ1) is 12.5. The molecule has 9 heteroatoms. The molecule has 26 heavy (non-hydrogen) atoms. The molecule has 0 saturated carbocycles. The Morgan fingerprint density at radius 2 is 1.88 bits per heavy atom. The molecule has 2 rings (SSSR count). The molecule has 0 heterocycles. The lowest BCUT2D eigenvalue weighted by atomic mass is 10.2. The van der Waals surface area contributed by atoms with Gasteiger partial charge in [0.05, 0.1) is 11.9 Å². The quantitative estimate of drug-likeness (QED) is 0.401. The predicted octanol–water partition coefficient (Wildman–Crippen LogP) is 0.779. The van der Waals surface area contributed by atoms with Crippen molar-refractivity contribution < 1.29 is 23.5 Å². The molecule has 0 spiro atoms. The number of nitrogens with two attached hydrogens (primary N) is 1. The van der Waals surface area contributed by atoms with Gasteiger partial charge in [-0.05, 0) is 29.8 Å². The van der Waals surface area contributed by atoms with Crippen LogP contribution in [0.2, 0.25) is 0 Å². The summed E-state index contributed by atoms with van der Waals surface area (Å²) < 4.78 is 18.5. The summed E-state index contributed by atoms with van der Waals surface area (Å²) in [6.45, 7) is -0.270. The average Bonchev–Trinajstić information content (AvgIpc) is 2.62. The maximum atomic E-state index is 13.4. The smallest absolute Gasteiger partial charge is 0.329 e. The van der Waals surface area contributed by atoms with Gasteiger partial charge in [0.25, 0.3) is 5.91 Å². The Balaban J connectivity index is 1.90. The Morgan fingerprint density at radius 1 is 1.12 bits per heavy atom. The number of carbonyl (C=O) groups excluding carboxylic acids is 3. The number of hydrazone groups is 1. The second kappa shape index (κ2) is 8.92. The Bertz CT molecular complexity index is 854. The van der Waals surface area contributed by atoms with E-state index in [0.29, 0.717) is 11.3 Å². The lowest BCUT2D eigenvalue weighted by Crippen LogP contribution is -2.32. The lowest BCUT2D eigenvalue weighted by Gasteiger charge is -2.05. The molecule has 0 aromatic heterocycles. The van der Waals surface area contributed by atoms with Crippen LogP contribution in [-0.4, -0.2) is 30.5 Å². The molecule has 0 unspecified atom stereocenters. The van der Waals surface area contributed by atoms with E-state index in [9.17, 15) is 18.8 Å². The second-order valence-electron chi connectivity index (χ2n) is 4.96. The van der Waals surface area contributed by atoms with Crippen molar-refractivity contribution in [3.8, 4) is 5.75 Å². The number of hydrogen-bond donors (Lipinski definition) is 3. The molecule has 0 aliphatic rings. The van der Waals surface area contributed by atoms with E-state index < -0.39 is 23.5 Å². The molecule has 0 bridgehead atoms. The molecule has 0 radical (unpaired) electrons. The third-order valence-electron chi connectivity index (χ3n) is 2.95. The van der Waals surface area contributed by atoms with Gasteiger partial charge in [-0.3, -0.25) is 14.4 Å². The number of carbonyl (C=O) groups is 3. The number of para-hydroxylation sites is 1. The molecule has 0 aliphatic carbocycles. The number of primary amides is 1. The number of anilines is 1. The van der Waals surface area contributed by atoms with E-state index in [1.807, 2.05) is 5.43 Å². The molecular formula is C17H15FN4O4. The van der Waals surface area contributed by atoms with Crippen molar-refractivity contribution in [2.24, 2.45) is 10.8 Å². The van der Waals surface area contributed by atoms with Crippen LogP contribution in [0.3, 0.4) is 0 Å². The molecular weight excluding hydrogens is 343 g/mol. The number of nitrogens with one attached hydrogen (secondary N) is 2. The summed E-state index contributed by atoms with van der Waals surface area (Å²) in [6, 6.07) is 11.9. The Hall–Kier alpha value is -3.75. The molecule has 0 aliphatic heterocycles. The lowest BCUT2D eigenvalue weighted by molar-refractivity contribution is -0.136. The van der Waals surface area contributed by atoms with Gasteiger partial charge in [-0.25, -0.2) is 9.82 Å². The Labute approximate surface area is 147 Å². The monoisotopic (exact) mass is 358 g/mol. The molecule has 0 saturated heterocycles. The standard InChI is InChI=1S/C17H15FN4O4/c18-13-6-1-2-7-14(13)21-16(24)17(25)22-20-9-11-4-3-5-12(8-11)26-10-15(19)23/h1-9H,10H2,(H2,19,23)(H,21,24)(H,22,25)/b20-9-. The van der Waals surface area contributed by atoms with Crippen LogP contribution >= 0.6 is 0 Å². The first-order valence-corrected chi connectivity index (χ1v) is 7.36. The zero-order valence-electron chi connectivity index (χ0n) is 13.4. The fraction of sp³-hybridized carbons (Fsp3) is 0.0588. The molecule has 134 valence electrons. The van der Waals surface area contributed by atoms with E-state index in [0.717, 1.165) is 6.07 Å². The summed E-state index contributed by atoms with van der Waals surface area (Å²) >= 11 is 0. The van der Waals surface area contributed by atoms with Crippen LogP contribution in [0.15, 0.2) is 53.6 Å². The maximum absolute atomic E-state index is 13.4. The number of hydrogen-bond acceptors (Lipinski definition) is 5. The van der Waals surface area contributed by atoms with Crippen LogP contribution < -0.4 is 21.2 Å². The van der Waals surface area contributed by atoms with Crippen molar-refractivity contribution in [2.45, 2.75) is 0 Å². The first-order valence-electron chi connectivity index (χ1n) is 7.36. The van der Waals surface area contributed by atoms with Crippen molar-refractivity contribution in [1.82, 2.24) is 5.43 Å². The van der Waals surface area contributed by atoms with Crippen molar-refractivity contribution in [3.63, 3.8) is 0 Å². The molecule has 2 aromatic carbocycles. The molecule has 0 atom stereocenters. The van der Waals surface area contributed by atoms with Gasteiger partial charge in [0.1, 0.15) is 11.6 Å². The van der Waals surface area contributed by atoms with E-state index in [2.05, 4.69) is 10.4 Å². The number of ether oxygens (including phenoxy) is 1. The van der Waals surface area contributed by atoms with Gasteiger partial charge < -0.3 is 15.8 Å². The summed E-state index contributed by atoms with van der Waals surface area (Å²) in [4.78, 5) is 34.0. The SMILES string of the molecule is NC(=O)COc1cccc(/C=N\NC(=O)C(=O)Nc2ccccc2F)c1. The van der Waals surface area contributed by atoms with Crippen molar-refractivity contribution in [1.29, 1.82) is 0 Å². The van der Waals surface area contributed by atoms with Gasteiger partial charge in [0.2, 0.25) is 0 Å². The summed E-state index contributed by atoms with van der Waals surface area (Å²) in [6.07, 6.45) is 1.27. The topological polar surface area (TPSA) is 123 Å². The highest BCUT2D eigenvalue weighted by Gasteiger charge is 2.14. The van der Waals surface area contributed by atoms with Gasteiger partial charge >= 0.3 is 11.8 Å². The number of benzene rings is 2. The zero-order valence-corrected chi connectivity index (χ0v) is 13.4. The predicted molar refractivity (Wildman–Crippen MR) is 91.9 cm³/mol. The van der Waals surface area contributed by atoms with Crippen molar-refractivity contribution in [2.75, 3.05) is 11.9 Å². The van der Waals surface area contributed by atoms with Crippen LogP contribution in [0, 0.1) is 5.82 Å². The van der Waals surface area contributed by atoms with E-state index in [1.165, 1.54) is 24.4 Å². The minimum Gasteiger partial charge on any atom is -0.484 e. The van der Waals surface area contributed by atoms with E-state index in [4.69, 9.17) is 10.5 Å². The fourth-order valence-electron chi connectivity index (χ4n) is 1.80. The van der Waals surface area contributed by atoms with Gasteiger partial charge in [-0.1, -0.05) is 24.3 Å². The summed E-state index contributed by atoms with van der Waals surface area (Å²) in [5.74, 6) is -3.02. The summed E-state index contributed by atoms with van der Waals surface area (Å²) in [5.41, 5.74) is 7.44. The van der Waals surface area contributed by atoms with E-state index in [1.54, 1.807) is 24.3 Å². The number of amides is 3. The number of nitrogens with zero attached hydrogens (tertiary/aromatic N) is 1. The van der Waals surface area contributed by atoms with Crippen LogP contribution in [0.5, 0.6) is 5.75 Å². The summed E-state index contributed by atoms with van der Waals surface area (Å²) in [7, 11) is 0. The highest BCUT2D eigenvalue weighted by Crippen LogP contribution is 2.12. The highest BCUT2D eigenvalue weighted by atomic mass is 19.1. The van der Waals surface area contributed by atoms with Crippen LogP contribution in [0.25, 0.3) is 0 Å². The van der Waals surface area contributed by atoms with Crippen molar-refractivity contribution >= 4 is 29.6 Å². The number of rotatable bonds is 6. The van der Waals surface area contributed by atoms with E-state index >= 15 is 0 Å². The molecule has 0 fully saturated rings. The van der Waals surface area contributed by atoms with Gasteiger partial charge in [0.15, 0.2) is 6.61 Å². The van der Waals surface area contributed by atoms with Gasteiger partial charge in [-0.2, -0.15) is 5.10 Å². The molecule has 3 amide bonds. The molecule has 2 aromatic rings. The summed E-state index contributed by atoms with van der Waals surface area (Å²) in [5, 5.41) is 5.77. The number of halogens is 1. The average molecular weight is 358 g/mol.